The van der Waals surface area contributed by atoms with Crippen molar-refractivity contribution >= 4 is 17.0 Å². The highest BCUT2D eigenvalue weighted by Crippen LogP contribution is 2.30. The van der Waals surface area contributed by atoms with Gasteiger partial charge in [0.1, 0.15) is 18.0 Å². The van der Waals surface area contributed by atoms with Gasteiger partial charge in [0.15, 0.2) is 5.65 Å². The maximum atomic E-state index is 13.5. The summed E-state index contributed by atoms with van der Waals surface area (Å²) in [5, 5.41) is 17.7. The van der Waals surface area contributed by atoms with Crippen LogP contribution in [0.5, 0.6) is 0 Å². The lowest BCUT2D eigenvalue weighted by atomic mass is 10.1. The van der Waals surface area contributed by atoms with Gasteiger partial charge in [0.05, 0.1) is 36.0 Å². The molecule has 5 rings (SSSR count). The fraction of sp³-hybridized carbons (Fsp3) is 0.192. The molecule has 2 aromatic carbocycles. The first kappa shape index (κ1) is 22.7. The number of nitrogens with one attached hydrogen (secondary N) is 1. The molecule has 0 radical (unpaired) electrons. The normalized spacial score (nSPS) is 11.3. The summed E-state index contributed by atoms with van der Waals surface area (Å²) in [6.07, 6.45) is 4.23. The molecular weight excluding hydrogens is 447 g/mol. The molecule has 0 saturated carbocycles. The molecule has 0 spiro atoms. The van der Waals surface area contributed by atoms with Gasteiger partial charge >= 0.3 is 0 Å². The van der Waals surface area contributed by atoms with E-state index in [1.165, 1.54) is 12.1 Å². The van der Waals surface area contributed by atoms with Crippen LogP contribution in [0.1, 0.15) is 17.1 Å². The quantitative estimate of drug-likeness (QED) is 0.347. The Kier molecular flexibility index (Phi) is 6.26. The molecule has 0 aliphatic carbocycles. The van der Waals surface area contributed by atoms with Crippen LogP contribution in [0.3, 0.4) is 0 Å². The number of ether oxygens (including phenoxy) is 1. The van der Waals surface area contributed by atoms with E-state index in [-0.39, 0.29) is 12.4 Å². The van der Waals surface area contributed by atoms with Crippen LogP contribution in [-0.2, 0) is 17.8 Å². The SMILES string of the molecule is COCCc1c(-c2ccc(F)cc2)nc2c(Nc3ccc(-n4cnc(C)n4)c(CO)c3)cccn12. The van der Waals surface area contributed by atoms with Crippen LogP contribution in [-0.4, -0.2) is 43.0 Å². The molecule has 8 nitrogen and oxygen atoms in total. The third-order valence-electron chi connectivity index (χ3n) is 5.79. The van der Waals surface area contributed by atoms with Gasteiger partial charge in [-0.25, -0.2) is 19.0 Å². The van der Waals surface area contributed by atoms with Gasteiger partial charge in [-0.15, -0.1) is 0 Å². The Balaban J connectivity index is 1.55. The highest BCUT2D eigenvalue weighted by molar-refractivity contribution is 5.78. The van der Waals surface area contributed by atoms with Gasteiger partial charge in [0.25, 0.3) is 0 Å². The number of methoxy groups -OCH3 is 1. The van der Waals surface area contributed by atoms with Crippen molar-refractivity contribution in [3.05, 3.63) is 90.0 Å². The summed E-state index contributed by atoms with van der Waals surface area (Å²) in [6.45, 7) is 2.20. The summed E-state index contributed by atoms with van der Waals surface area (Å²) in [6, 6.07) is 15.9. The van der Waals surface area contributed by atoms with E-state index in [9.17, 15) is 9.50 Å². The fourth-order valence-electron chi connectivity index (χ4n) is 4.12. The fourth-order valence-corrected chi connectivity index (χ4v) is 4.12. The molecule has 0 bridgehead atoms. The average Bonchev–Trinajstić information content (AvgIpc) is 3.47. The van der Waals surface area contributed by atoms with E-state index < -0.39 is 0 Å². The molecule has 5 aromatic rings. The zero-order chi connectivity index (χ0) is 24.4. The summed E-state index contributed by atoms with van der Waals surface area (Å²) in [5.74, 6) is 0.366. The van der Waals surface area contributed by atoms with Crippen molar-refractivity contribution in [1.29, 1.82) is 0 Å². The molecular formula is C26H25FN6O2. The first-order chi connectivity index (χ1) is 17.1. The molecule has 0 aliphatic heterocycles. The van der Waals surface area contributed by atoms with Gasteiger partial charge < -0.3 is 19.6 Å². The van der Waals surface area contributed by atoms with Crippen LogP contribution in [0, 0.1) is 12.7 Å². The summed E-state index contributed by atoms with van der Waals surface area (Å²) in [7, 11) is 1.66. The average molecular weight is 473 g/mol. The van der Waals surface area contributed by atoms with Gasteiger partial charge in [0, 0.05) is 36.5 Å². The topological polar surface area (TPSA) is 89.5 Å². The van der Waals surface area contributed by atoms with Crippen molar-refractivity contribution in [3.8, 4) is 16.9 Å². The molecule has 0 unspecified atom stereocenters. The molecule has 9 heteroatoms. The van der Waals surface area contributed by atoms with Crippen molar-refractivity contribution in [1.82, 2.24) is 24.1 Å². The molecule has 3 heterocycles. The number of rotatable bonds is 8. The number of aliphatic hydroxyl groups excluding tert-OH is 1. The zero-order valence-corrected chi connectivity index (χ0v) is 19.4. The largest absolute Gasteiger partial charge is 0.392 e. The minimum Gasteiger partial charge on any atom is -0.392 e. The van der Waals surface area contributed by atoms with Crippen molar-refractivity contribution in [2.45, 2.75) is 20.0 Å². The Labute approximate surface area is 201 Å². The number of nitrogens with zero attached hydrogens (tertiary/aromatic N) is 5. The van der Waals surface area contributed by atoms with E-state index in [1.54, 1.807) is 30.3 Å². The van der Waals surface area contributed by atoms with E-state index in [0.717, 1.165) is 39.7 Å². The lowest BCUT2D eigenvalue weighted by molar-refractivity contribution is 0.201. The number of fused-ring (bicyclic) bond motifs is 1. The predicted molar refractivity (Wildman–Crippen MR) is 131 cm³/mol. The minimum atomic E-state index is -0.289. The highest BCUT2D eigenvalue weighted by Gasteiger charge is 2.17. The lowest BCUT2D eigenvalue weighted by Crippen LogP contribution is -2.03. The van der Waals surface area contributed by atoms with Gasteiger partial charge in [-0.1, -0.05) is 0 Å². The van der Waals surface area contributed by atoms with Gasteiger partial charge in [-0.3, -0.25) is 0 Å². The number of aryl methyl sites for hydroxylation is 1. The first-order valence-corrected chi connectivity index (χ1v) is 11.2. The van der Waals surface area contributed by atoms with Crippen molar-refractivity contribution in [2.24, 2.45) is 0 Å². The highest BCUT2D eigenvalue weighted by atomic mass is 19.1. The van der Waals surface area contributed by atoms with Crippen molar-refractivity contribution < 1.29 is 14.2 Å². The molecule has 2 N–H and O–H groups in total. The predicted octanol–water partition coefficient (Wildman–Crippen LogP) is 4.45. The molecule has 0 fully saturated rings. The second kappa shape index (κ2) is 9.65. The lowest BCUT2D eigenvalue weighted by Gasteiger charge is -2.12. The van der Waals surface area contributed by atoms with Crippen LogP contribution in [0.25, 0.3) is 22.6 Å². The Morgan fingerprint density at radius 2 is 1.94 bits per heavy atom. The molecule has 0 atom stereocenters. The summed E-state index contributed by atoms with van der Waals surface area (Å²) >= 11 is 0. The molecule has 178 valence electrons. The standard InChI is InChI=1S/C26H25FN6O2/c1-17-28-16-33(31-17)23-10-9-21(14-19(23)15-34)29-22-4-3-12-32-24(11-13-35-2)25(30-26(22)32)18-5-7-20(27)8-6-18/h3-10,12,14,16,29,34H,11,13,15H2,1-2H3. The van der Waals surface area contributed by atoms with E-state index in [0.29, 0.717) is 24.4 Å². The van der Waals surface area contributed by atoms with Crippen LogP contribution in [0.4, 0.5) is 15.8 Å². The molecule has 35 heavy (non-hydrogen) atoms. The number of imidazole rings is 1. The summed E-state index contributed by atoms with van der Waals surface area (Å²) in [5.41, 5.74) is 6.40. The second-order valence-corrected chi connectivity index (χ2v) is 8.14. The number of pyridine rings is 1. The van der Waals surface area contributed by atoms with E-state index in [2.05, 4.69) is 15.4 Å². The summed E-state index contributed by atoms with van der Waals surface area (Å²) < 4.78 is 22.5. The van der Waals surface area contributed by atoms with E-state index in [4.69, 9.17) is 9.72 Å². The van der Waals surface area contributed by atoms with Gasteiger partial charge in [-0.2, -0.15) is 5.10 Å². The Morgan fingerprint density at radius 1 is 1.11 bits per heavy atom. The number of aromatic nitrogens is 5. The molecule has 0 aliphatic rings. The number of halogens is 1. The number of anilines is 2. The Morgan fingerprint density at radius 3 is 2.66 bits per heavy atom. The van der Waals surface area contributed by atoms with Crippen LogP contribution >= 0.6 is 0 Å². The Hall–Kier alpha value is -4.08. The van der Waals surface area contributed by atoms with Crippen LogP contribution < -0.4 is 5.32 Å². The second-order valence-electron chi connectivity index (χ2n) is 8.14. The monoisotopic (exact) mass is 472 g/mol. The maximum absolute atomic E-state index is 13.5. The number of benzene rings is 2. The molecule has 3 aromatic heterocycles. The number of hydrogen-bond donors (Lipinski definition) is 2. The Bertz CT molecular complexity index is 1480. The van der Waals surface area contributed by atoms with Gasteiger partial charge in [0.2, 0.25) is 0 Å². The van der Waals surface area contributed by atoms with Crippen molar-refractivity contribution in [2.75, 3.05) is 19.0 Å². The third-order valence-corrected chi connectivity index (χ3v) is 5.79. The van der Waals surface area contributed by atoms with Crippen LogP contribution in [0.2, 0.25) is 0 Å². The number of aliphatic hydroxyl groups is 1. The van der Waals surface area contributed by atoms with Crippen LogP contribution in [0.15, 0.2) is 67.1 Å². The summed E-state index contributed by atoms with van der Waals surface area (Å²) in [4.78, 5) is 9.09. The zero-order valence-electron chi connectivity index (χ0n) is 19.4. The van der Waals surface area contributed by atoms with Crippen molar-refractivity contribution in [3.63, 3.8) is 0 Å². The van der Waals surface area contributed by atoms with Gasteiger partial charge in [-0.05, 0) is 61.5 Å². The molecule has 0 saturated heterocycles. The number of hydrogen-bond acceptors (Lipinski definition) is 6. The maximum Gasteiger partial charge on any atom is 0.161 e. The van der Waals surface area contributed by atoms with E-state index >= 15 is 0 Å². The smallest absolute Gasteiger partial charge is 0.161 e. The van der Waals surface area contributed by atoms with E-state index in [1.807, 2.05) is 47.9 Å². The third kappa shape index (κ3) is 4.51. The first-order valence-electron chi connectivity index (χ1n) is 11.2. The minimum absolute atomic E-state index is 0.146. The molecule has 0 amide bonds.